The van der Waals surface area contributed by atoms with Crippen LogP contribution in [0.2, 0.25) is 0 Å². The van der Waals surface area contributed by atoms with Gasteiger partial charge in [-0.3, -0.25) is 4.79 Å². The number of aliphatic carboxylic acids is 1. The Morgan fingerprint density at radius 3 is 2.20 bits per heavy atom. The number of oxime groups is 1. The fourth-order valence-electron chi connectivity index (χ4n) is 1.33. The first-order valence-electron chi connectivity index (χ1n) is 6.63. The van der Waals surface area contributed by atoms with E-state index in [-0.39, 0.29) is 37.2 Å². The summed E-state index contributed by atoms with van der Waals surface area (Å²) >= 11 is 1.74. The van der Waals surface area contributed by atoms with Crippen molar-refractivity contribution in [1.82, 2.24) is 5.06 Å². The summed E-state index contributed by atoms with van der Waals surface area (Å²) in [7, 11) is 0. The first kappa shape index (κ1) is 28.9. The van der Waals surface area contributed by atoms with Gasteiger partial charge >= 0.3 is 16.6 Å². The number of carboxylic acid groups (broad SMARTS) is 1. The van der Waals surface area contributed by atoms with Gasteiger partial charge in [-0.25, -0.2) is 9.59 Å². The van der Waals surface area contributed by atoms with Crippen molar-refractivity contribution in [2.45, 2.75) is 32.2 Å². The van der Waals surface area contributed by atoms with Crippen molar-refractivity contribution in [2.24, 2.45) is 10.9 Å². The number of nitrogens with two attached hydrogens (primary N) is 1. The van der Waals surface area contributed by atoms with Gasteiger partial charge in [0.05, 0.1) is 6.54 Å². The van der Waals surface area contributed by atoms with Crippen molar-refractivity contribution >= 4 is 70.7 Å². The predicted octanol–water partition coefficient (Wildman–Crippen LogP) is 2.96. The van der Waals surface area contributed by atoms with Crippen LogP contribution in [0, 0.1) is 0 Å². The summed E-state index contributed by atoms with van der Waals surface area (Å²) in [4.78, 5) is 42.7. The van der Waals surface area contributed by atoms with Crippen molar-refractivity contribution < 1.29 is 29.2 Å². The van der Waals surface area contributed by atoms with Crippen LogP contribution < -0.4 is 5.73 Å². The Morgan fingerprint density at radius 1 is 1.16 bits per heavy atom. The number of halogens is 2. The van der Waals surface area contributed by atoms with Gasteiger partial charge in [0, 0.05) is 6.92 Å². The molecular formula is C12H23Cl2N3O6S2. The third kappa shape index (κ3) is 14.0. The zero-order valence-corrected chi connectivity index (χ0v) is 17.3. The Hall–Kier alpha value is -0.880. The number of hydroxylamine groups is 2. The maximum absolute atomic E-state index is 11.4. The van der Waals surface area contributed by atoms with E-state index in [4.69, 9.17) is 15.7 Å². The summed E-state index contributed by atoms with van der Waals surface area (Å²) in [6.07, 6.45) is 4.46. The molecule has 0 bridgehead atoms. The van der Waals surface area contributed by atoms with E-state index in [1.807, 2.05) is 0 Å². The number of hydrogen-bond acceptors (Lipinski definition) is 9. The number of unbranched alkanes of at least 4 members (excludes halogenated alkanes) is 1. The van der Waals surface area contributed by atoms with Crippen molar-refractivity contribution in [1.29, 1.82) is 0 Å². The van der Waals surface area contributed by atoms with Gasteiger partial charge in [0.2, 0.25) is 0 Å². The van der Waals surface area contributed by atoms with E-state index in [0.717, 1.165) is 23.5 Å². The monoisotopic (exact) mass is 439 g/mol. The third-order valence-electron chi connectivity index (χ3n) is 2.57. The Kier molecular flexibility index (Phi) is 19.2. The number of hydrogen-bond donors (Lipinski definition) is 2. The average Bonchev–Trinajstić information content (AvgIpc) is 2.54. The summed E-state index contributed by atoms with van der Waals surface area (Å²) in [5, 5.41) is 12.3. The van der Waals surface area contributed by atoms with Crippen LogP contribution in [0.3, 0.4) is 0 Å². The molecule has 0 spiro atoms. The molecule has 13 heteroatoms. The molecule has 0 aliphatic carbocycles. The molecule has 0 aromatic carbocycles. The Labute approximate surface area is 167 Å². The van der Waals surface area contributed by atoms with Crippen LogP contribution in [0.1, 0.15) is 26.2 Å². The van der Waals surface area contributed by atoms with Gasteiger partial charge in [0.15, 0.2) is 5.84 Å². The van der Waals surface area contributed by atoms with E-state index in [1.165, 1.54) is 12.0 Å². The minimum absolute atomic E-state index is 0. The second-order valence-corrected chi connectivity index (χ2v) is 5.76. The molecule has 0 rings (SSSR count). The Balaban J connectivity index is -0.00000242. The molecule has 0 aromatic rings. The van der Waals surface area contributed by atoms with Crippen molar-refractivity contribution in [3.63, 3.8) is 0 Å². The predicted molar refractivity (Wildman–Crippen MR) is 104 cm³/mol. The molecule has 148 valence electrons. The van der Waals surface area contributed by atoms with Gasteiger partial charge in [-0.1, -0.05) is 5.16 Å². The molecule has 0 fully saturated rings. The highest BCUT2D eigenvalue weighted by Gasteiger charge is 2.15. The number of carbonyl (C=O) groups is 3. The van der Waals surface area contributed by atoms with Crippen LogP contribution >= 0.6 is 48.3 Å². The summed E-state index contributed by atoms with van der Waals surface area (Å²) in [6.45, 7) is 1.79. The Bertz CT molecular complexity index is 457. The second kappa shape index (κ2) is 16.6. The highest BCUT2D eigenvalue weighted by atomic mass is 35.5. The van der Waals surface area contributed by atoms with Crippen LogP contribution in [-0.2, 0) is 14.5 Å². The zero-order valence-electron chi connectivity index (χ0n) is 14.0. The molecule has 0 heterocycles. The SMILES string of the molecule is CSC(=O)O/N=C(\C)N(CCCC[C@H](N)C(=O)O)OC(=O)SC.Cl.Cl. The van der Waals surface area contributed by atoms with E-state index in [1.54, 1.807) is 12.5 Å². The van der Waals surface area contributed by atoms with Crippen LogP contribution in [0.5, 0.6) is 0 Å². The highest BCUT2D eigenvalue weighted by Crippen LogP contribution is 2.09. The molecule has 0 saturated heterocycles. The minimum atomic E-state index is -1.06. The fourth-order valence-corrected chi connectivity index (χ4v) is 1.61. The second-order valence-electron chi connectivity index (χ2n) is 4.27. The average molecular weight is 440 g/mol. The van der Waals surface area contributed by atoms with E-state index in [9.17, 15) is 14.4 Å². The maximum atomic E-state index is 11.4. The molecule has 3 N–H and O–H groups in total. The normalized spacial score (nSPS) is 11.4. The minimum Gasteiger partial charge on any atom is -0.480 e. The molecule has 1 atom stereocenters. The van der Waals surface area contributed by atoms with Crippen LogP contribution in [0.15, 0.2) is 5.16 Å². The van der Waals surface area contributed by atoms with Crippen LogP contribution in [-0.4, -0.2) is 57.7 Å². The number of carbonyl (C=O) groups excluding carboxylic acids is 2. The lowest BCUT2D eigenvalue weighted by atomic mass is 10.1. The molecule has 0 aliphatic rings. The van der Waals surface area contributed by atoms with Crippen LogP contribution in [0.4, 0.5) is 9.59 Å². The molecule has 0 radical (unpaired) electrons. The largest absolute Gasteiger partial charge is 0.480 e. The van der Waals surface area contributed by atoms with Gasteiger partial charge < -0.3 is 20.5 Å². The lowest BCUT2D eigenvalue weighted by Gasteiger charge is -2.21. The first-order valence-corrected chi connectivity index (χ1v) is 9.08. The molecule has 25 heavy (non-hydrogen) atoms. The van der Waals surface area contributed by atoms with Crippen molar-refractivity contribution in [3.05, 3.63) is 0 Å². The number of amidine groups is 1. The first-order chi connectivity index (χ1) is 10.8. The van der Waals surface area contributed by atoms with Crippen molar-refractivity contribution in [3.8, 4) is 0 Å². The summed E-state index contributed by atoms with van der Waals surface area (Å²) in [6, 6.07) is -0.922. The molecule has 0 amide bonds. The summed E-state index contributed by atoms with van der Waals surface area (Å²) in [5.41, 5.74) is 5.41. The van der Waals surface area contributed by atoms with E-state index in [0.29, 0.717) is 19.3 Å². The lowest BCUT2D eigenvalue weighted by molar-refractivity contribution is -0.138. The third-order valence-corrected chi connectivity index (χ3v) is 3.39. The molecule has 0 unspecified atom stereocenters. The topological polar surface area (TPSA) is 132 Å². The number of nitrogens with zero attached hydrogens (tertiary/aromatic N) is 2. The summed E-state index contributed by atoms with van der Waals surface area (Å²) in [5.74, 6) is -0.866. The number of thioether (sulfide) groups is 2. The quantitative estimate of drug-likeness (QED) is 0.200. The smallest absolute Gasteiger partial charge is 0.393 e. The lowest BCUT2D eigenvalue weighted by Crippen LogP contribution is -2.33. The van der Waals surface area contributed by atoms with E-state index >= 15 is 0 Å². The van der Waals surface area contributed by atoms with Gasteiger partial charge in [-0.15, -0.1) is 24.8 Å². The Morgan fingerprint density at radius 2 is 1.72 bits per heavy atom. The molecule has 0 aromatic heterocycles. The van der Waals surface area contributed by atoms with Gasteiger partial charge in [-0.05, 0) is 55.3 Å². The zero-order chi connectivity index (χ0) is 17.8. The number of carboxylic acids is 1. The maximum Gasteiger partial charge on any atom is 0.393 e. The highest BCUT2D eigenvalue weighted by molar-refractivity contribution is 8.12. The van der Waals surface area contributed by atoms with Gasteiger partial charge in [-0.2, -0.15) is 5.06 Å². The van der Waals surface area contributed by atoms with E-state index in [2.05, 4.69) is 9.99 Å². The molecule has 0 aliphatic heterocycles. The standard InChI is InChI=1S/C12H21N3O6S2.2ClH/c1-8(14-20-11(18)22-2)15(21-12(19)23-3)7-5-4-6-9(13)10(16)17;;/h9H,4-7,13H2,1-3H3,(H,16,17);2*1H/b14-8+;;/t9-;;/m0../s1. The fraction of sp³-hybridized carbons (Fsp3) is 0.667. The van der Waals surface area contributed by atoms with Gasteiger partial charge in [0.25, 0.3) is 0 Å². The number of rotatable bonds is 7. The van der Waals surface area contributed by atoms with Crippen LogP contribution in [0.25, 0.3) is 0 Å². The van der Waals surface area contributed by atoms with E-state index < -0.39 is 22.6 Å². The van der Waals surface area contributed by atoms with Crippen molar-refractivity contribution in [2.75, 3.05) is 19.1 Å². The van der Waals surface area contributed by atoms with Gasteiger partial charge in [0.1, 0.15) is 6.04 Å². The summed E-state index contributed by atoms with van der Waals surface area (Å²) < 4.78 is 0. The molecular weight excluding hydrogens is 417 g/mol. The molecule has 9 nitrogen and oxygen atoms in total. The molecule has 0 saturated carbocycles.